The summed E-state index contributed by atoms with van der Waals surface area (Å²) in [5.41, 5.74) is 7.81. The van der Waals surface area contributed by atoms with Crippen LogP contribution in [-0.4, -0.2) is 28.7 Å². The molecule has 0 aliphatic rings. The Labute approximate surface area is 151 Å². The van der Waals surface area contributed by atoms with Crippen LogP contribution in [0.4, 0.5) is 0 Å². The Morgan fingerprint density at radius 2 is 2.00 bits per heavy atom. The van der Waals surface area contributed by atoms with Gasteiger partial charge in [-0.3, -0.25) is 9.89 Å². The minimum absolute atomic E-state index is 0. The normalized spacial score (nSPS) is 11.9. The average molecular weight is 402 g/mol. The first-order valence-corrected chi connectivity index (χ1v) is 8.12. The molecule has 7 heteroatoms. The molecule has 0 fully saturated rings. The lowest BCUT2D eigenvalue weighted by atomic mass is 10.0. The first-order chi connectivity index (χ1) is 10.5. The molecule has 4 N–H and O–H groups in total. The van der Waals surface area contributed by atoms with Crippen molar-refractivity contribution in [3.63, 3.8) is 0 Å². The fourth-order valence-corrected chi connectivity index (χ4v) is 2.89. The molecule has 0 bridgehead atoms. The van der Waals surface area contributed by atoms with Gasteiger partial charge in [-0.05, 0) is 28.3 Å². The Morgan fingerprint density at radius 1 is 1.35 bits per heavy atom. The topological polar surface area (TPSA) is 83.8 Å². The Morgan fingerprint density at radius 3 is 2.57 bits per heavy atom. The van der Waals surface area contributed by atoms with Gasteiger partial charge >= 0.3 is 0 Å². The predicted molar refractivity (Wildman–Crippen MR) is 98.7 cm³/mol. The molecule has 1 unspecified atom stereocenters. The molecule has 0 spiro atoms. The van der Waals surface area contributed by atoms with E-state index in [0.29, 0.717) is 22.6 Å². The zero-order valence-corrected chi connectivity index (χ0v) is 15.6. The van der Waals surface area contributed by atoms with E-state index in [1.807, 2.05) is 30.3 Å². The second-order valence-electron chi connectivity index (χ2n) is 5.66. The number of benzene rings is 1. The average Bonchev–Trinajstić information content (AvgIpc) is 2.88. The van der Waals surface area contributed by atoms with E-state index >= 15 is 0 Å². The standard InChI is InChI=1S/C16H21BrN4O.ClH/c1-10(2)8-12(9-18)19-16(22)15-13(17)14(20-21-15)11-6-4-3-5-7-11;/h3-7,10,12H,8-9,18H2,1-2H3,(H,19,22)(H,20,21);1H. The predicted octanol–water partition coefficient (Wildman–Crippen LogP) is 3.36. The third-order valence-corrected chi connectivity index (χ3v) is 4.13. The number of carbonyl (C=O) groups excluding carboxylic acids is 1. The number of aromatic nitrogens is 2. The van der Waals surface area contributed by atoms with Crippen LogP contribution in [0.25, 0.3) is 11.3 Å². The largest absolute Gasteiger partial charge is 0.347 e. The van der Waals surface area contributed by atoms with E-state index in [4.69, 9.17) is 5.73 Å². The summed E-state index contributed by atoms with van der Waals surface area (Å²) in [7, 11) is 0. The van der Waals surface area contributed by atoms with E-state index in [1.54, 1.807) is 0 Å². The SMILES string of the molecule is CC(C)CC(CN)NC(=O)c1[nH]nc(-c2ccccc2)c1Br.Cl. The van der Waals surface area contributed by atoms with Crippen molar-refractivity contribution >= 4 is 34.2 Å². The van der Waals surface area contributed by atoms with Gasteiger partial charge in [-0.2, -0.15) is 5.10 Å². The second-order valence-corrected chi connectivity index (χ2v) is 6.46. The fourth-order valence-electron chi connectivity index (χ4n) is 2.31. The monoisotopic (exact) mass is 400 g/mol. The maximum Gasteiger partial charge on any atom is 0.270 e. The van der Waals surface area contributed by atoms with E-state index in [-0.39, 0.29) is 24.4 Å². The van der Waals surface area contributed by atoms with E-state index in [2.05, 4.69) is 45.3 Å². The molecule has 0 aliphatic carbocycles. The number of H-pyrrole nitrogens is 1. The molecule has 2 rings (SSSR count). The molecular weight excluding hydrogens is 380 g/mol. The lowest BCUT2D eigenvalue weighted by Gasteiger charge is -2.18. The maximum atomic E-state index is 12.4. The first kappa shape index (κ1) is 19.7. The molecule has 0 saturated carbocycles. The van der Waals surface area contributed by atoms with E-state index in [0.717, 1.165) is 17.7 Å². The molecule has 1 aromatic heterocycles. The lowest BCUT2D eigenvalue weighted by Crippen LogP contribution is -2.41. The summed E-state index contributed by atoms with van der Waals surface area (Å²) in [5.74, 6) is 0.275. The fraction of sp³-hybridized carbons (Fsp3) is 0.375. The van der Waals surface area contributed by atoms with Gasteiger partial charge in [-0.15, -0.1) is 12.4 Å². The molecule has 1 amide bonds. The van der Waals surface area contributed by atoms with Crippen molar-refractivity contribution in [1.29, 1.82) is 0 Å². The van der Waals surface area contributed by atoms with Gasteiger partial charge in [0.05, 0.1) is 4.47 Å². The highest BCUT2D eigenvalue weighted by Gasteiger charge is 2.20. The number of hydrogen-bond donors (Lipinski definition) is 3. The van der Waals surface area contributed by atoms with Crippen LogP contribution < -0.4 is 11.1 Å². The van der Waals surface area contributed by atoms with Crippen molar-refractivity contribution in [2.45, 2.75) is 26.3 Å². The van der Waals surface area contributed by atoms with Crippen LogP contribution in [-0.2, 0) is 0 Å². The van der Waals surface area contributed by atoms with Gasteiger partial charge in [0.25, 0.3) is 5.91 Å². The Bertz CT molecular complexity index is 630. The van der Waals surface area contributed by atoms with Gasteiger partial charge in [0.1, 0.15) is 11.4 Å². The number of nitrogens with one attached hydrogen (secondary N) is 2. The highest BCUT2D eigenvalue weighted by Crippen LogP contribution is 2.28. The van der Waals surface area contributed by atoms with Crippen molar-refractivity contribution in [2.24, 2.45) is 11.7 Å². The van der Waals surface area contributed by atoms with Crippen LogP contribution in [0.15, 0.2) is 34.8 Å². The Hall–Kier alpha value is -1.37. The van der Waals surface area contributed by atoms with Crippen molar-refractivity contribution in [3.05, 3.63) is 40.5 Å². The van der Waals surface area contributed by atoms with Crippen LogP contribution >= 0.6 is 28.3 Å². The van der Waals surface area contributed by atoms with Crippen LogP contribution in [0.2, 0.25) is 0 Å². The molecule has 0 saturated heterocycles. The number of nitrogens with two attached hydrogens (primary N) is 1. The molecular formula is C16H22BrClN4O. The number of hydrogen-bond acceptors (Lipinski definition) is 3. The van der Waals surface area contributed by atoms with Crippen molar-refractivity contribution in [1.82, 2.24) is 15.5 Å². The number of aromatic amines is 1. The van der Waals surface area contributed by atoms with Crippen LogP contribution in [0, 0.1) is 5.92 Å². The van der Waals surface area contributed by atoms with Gasteiger partial charge in [0.15, 0.2) is 0 Å². The molecule has 5 nitrogen and oxygen atoms in total. The lowest BCUT2D eigenvalue weighted by molar-refractivity contribution is 0.0928. The van der Waals surface area contributed by atoms with Gasteiger partial charge in [-0.1, -0.05) is 44.2 Å². The zero-order chi connectivity index (χ0) is 16.1. The van der Waals surface area contributed by atoms with Crippen molar-refractivity contribution in [3.8, 4) is 11.3 Å². The van der Waals surface area contributed by atoms with Crippen LogP contribution in [0.5, 0.6) is 0 Å². The Kier molecular flexibility index (Phi) is 7.75. The summed E-state index contributed by atoms with van der Waals surface area (Å²) < 4.78 is 0.663. The first-order valence-electron chi connectivity index (χ1n) is 7.33. The zero-order valence-electron chi connectivity index (χ0n) is 13.2. The summed E-state index contributed by atoms with van der Waals surface area (Å²) >= 11 is 3.47. The smallest absolute Gasteiger partial charge is 0.270 e. The number of amides is 1. The Balaban J connectivity index is 0.00000264. The minimum atomic E-state index is -0.197. The van der Waals surface area contributed by atoms with E-state index in [1.165, 1.54) is 0 Å². The maximum absolute atomic E-state index is 12.4. The minimum Gasteiger partial charge on any atom is -0.347 e. The third-order valence-electron chi connectivity index (χ3n) is 3.36. The van der Waals surface area contributed by atoms with Crippen LogP contribution in [0.3, 0.4) is 0 Å². The van der Waals surface area contributed by atoms with Gasteiger partial charge in [-0.25, -0.2) is 0 Å². The summed E-state index contributed by atoms with van der Waals surface area (Å²) in [6.45, 7) is 4.63. The summed E-state index contributed by atoms with van der Waals surface area (Å²) in [6.07, 6.45) is 0.847. The molecule has 126 valence electrons. The molecule has 0 aliphatic heterocycles. The number of halogens is 2. The molecule has 1 atom stereocenters. The van der Waals surface area contributed by atoms with Gasteiger partial charge < -0.3 is 11.1 Å². The molecule has 1 aromatic carbocycles. The van der Waals surface area contributed by atoms with E-state index in [9.17, 15) is 4.79 Å². The van der Waals surface area contributed by atoms with Crippen molar-refractivity contribution < 1.29 is 4.79 Å². The highest BCUT2D eigenvalue weighted by atomic mass is 79.9. The summed E-state index contributed by atoms with van der Waals surface area (Å²) in [4.78, 5) is 12.4. The quantitative estimate of drug-likeness (QED) is 0.694. The molecule has 1 heterocycles. The van der Waals surface area contributed by atoms with Gasteiger partial charge in [0, 0.05) is 18.2 Å². The number of carbonyl (C=O) groups is 1. The van der Waals surface area contributed by atoms with E-state index < -0.39 is 0 Å². The third kappa shape index (κ3) is 5.06. The summed E-state index contributed by atoms with van der Waals surface area (Å²) in [6, 6.07) is 9.67. The molecule has 2 aromatic rings. The van der Waals surface area contributed by atoms with Gasteiger partial charge in [0.2, 0.25) is 0 Å². The summed E-state index contributed by atoms with van der Waals surface area (Å²) in [5, 5.41) is 10.00. The highest BCUT2D eigenvalue weighted by molar-refractivity contribution is 9.10. The van der Waals surface area contributed by atoms with Crippen molar-refractivity contribution in [2.75, 3.05) is 6.54 Å². The molecule has 0 radical (unpaired) electrons. The number of nitrogens with zero attached hydrogens (tertiary/aromatic N) is 1. The second kappa shape index (κ2) is 9.05. The number of rotatable bonds is 6. The molecule has 23 heavy (non-hydrogen) atoms. The van der Waals surface area contributed by atoms with Crippen LogP contribution in [0.1, 0.15) is 30.8 Å².